The van der Waals surface area contributed by atoms with Gasteiger partial charge in [-0.05, 0) is 19.4 Å². The Bertz CT molecular complexity index is 221. The second kappa shape index (κ2) is 3.22. The zero-order valence-electron chi connectivity index (χ0n) is 7.73. The van der Waals surface area contributed by atoms with Crippen LogP contribution in [0.15, 0.2) is 0 Å². The number of aryl methyl sites for hydroxylation is 2. The van der Waals surface area contributed by atoms with Crippen molar-refractivity contribution in [3.05, 3.63) is 11.4 Å². The van der Waals surface area contributed by atoms with Gasteiger partial charge in [0.15, 0.2) is 0 Å². The second-order valence-corrected chi connectivity index (χ2v) is 6.20. The Morgan fingerprint density at radius 2 is 2.00 bits per heavy atom. The lowest BCUT2D eigenvalue weighted by molar-refractivity contribution is 1.06. The van der Waals surface area contributed by atoms with E-state index in [0.29, 0.717) is 0 Å². The van der Waals surface area contributed by atoms with E-state index in [2.05, 4.69) is 37.7 Å². The fourth-order valence-electron chi connectivity index (χ4n) is 1.10. The molecule has 0 bridgehead atoms. The minimum absolute atomic E-state index is 0.144. The summed E-state index contributed by atoms with van der Waals surface area (Å²) in [5.41, 5.74) is 4.47. The first-order valence-electron chi connectivity index (χ1n) is 4.11. The maximum atomic E-state index is 4.46. The highest BCUT2D eigenvalue weighted by atomic mass is 28.2. The third-order valence-electron chi connectivity index (χ3n) is 1.78. The number of aromatic nitrogens is 2. The van der Waals surface area contributed by atoms with Gasteiger partial charge in [-0.25, -0.2) is 4.98 Å². The van der Waals surface area contributed by atoms with Crippen molar-refractivity contribution in [3.8, 4) is 0 Å². The van der Waals surface area contributed by atoms with Crippen LogP contribution in [0.4, 0.5) is 0 Å². The minimum Gasteiger partial charge on any atom is -0.351 e. The smallest absolute Gasteiger partial charge is 0.103 e. The molecule has 0 aromatic carbocycles. The van der Waals surface area contributed by atoms with Gasteiger partial charge in [-0.1, -0.05) is 13.8 Å². The summed E-state index contributed by atoms with van der Waals surface area (Å²) < 4.78 is 0. The molecule has 0 radical (unpaired) electrons. The molecule has 1 heterocycles. The van der Waals surface area contributed by atoms with Gasteiger partial charge in [0.05, 0.1) is 11.1 Å². The monoisotopic (exact) mass is 168 g/mol. The van der Waals surface area contributed by atoms with Gasteiger partial charge in [0.25, 0.3) is 0 Å². The molecule has 3 heteroatoms. The van der Waals surface area contributed by atoms with E-state index >= 15 is 0 Å². The Labute approximate surface area is 70.3 Å². The first-order chi connectivity index (χ1) is 5.09. The van der Waals surface area contributed by atoms with E-state index in [1.807, 2.05) is 0 Å². The average molecular weight is 168 g/mol. The number of H-pyrrole nitrogens is 1. The van der Waals surface area contributed by atoms with Gasteiger partial charge >= 0.3 is 0 Å². The number of rotatable bonds is 2. The quantitative estimate of drug-likeness (QED) is 0.645. The molecule has 62 valence electrons. The van der Waals surface area contributed by atoms with E-state index in [9.17, 15) is 0 Å². The molecule has 1 rings (SSSR count). The van der Waals surface area contributed by atoms with Crippen molar-refractivity contribution < 1.29 is 0 Å². The maximum absolute atomic E-state index is 4.46. The molecule has 0 fully saturated rings. The molecular formula is C8H16N2Si. The van der Waals surface area contributed by atoms with Crippen LogP contribution in [0.25, 0.3) is 0 Å². The van der Waals surface area contributed by atoms with E-state index in [1.165, 1.54) is 11.1 Å². The summed E-state index contributed by atoms with van der Waals surface area (Å²) in [5.74, 6) is 0. The van der Waals surface area contributed by atoms with Crippen molar-refractivity contribution in [2.24, 2.45) is 0 Å². The van der Waals surface area contributed by atoms with Gasteiger partial charge < -0.3 is 4.98 Å². The number of hydrogen-bond acceptors (Lipinski definition) is 1. The first kappa shape index (κ1) is 8.52. The van der Waals surface area contributed by atoms with E-state index in [-0.39, 0.29) is 9.52 Å². The maximum Gasteiger partial charge on any atom is 0.103 e. The van der Waals surface area contributed by atoms with Crippen molar-refractivity contribution in [2.45, 2.75) is 33.2 Å². The van der Waals surface area contributed by atoms with Crippen LogP contribution in [-0.4, -0.2) is 19.5 Å². The predicted octanol–water partition coefficient (Wildman–Crippen LogP) is 0.649. The molecule has 0 spiro atoms. The molecule has 0 saturated carbocycles. The summed E-state index contributed by atoms with van der Waals surface area (Å²) in [6.07, 6.45) is 0. The summed E-state index contributed by atoms with van der Waals surface area (Å²) in [4.78, 5) is 7.78. The molecule has 0 amide bonds. The number of hydrogen-bond donors (Lipinski definition) is 1. The Morgan fingerprint density at radius 3 is 2.36 bits per heavy atom. The van der Waals surface area contributed by atoms with Crippen LogP contribution < -0.4 is 5.45 Å². The molecule has 0 unspecified atom stereocenters. The molecule has 1 aromatic heterocycles. The Balaban J connectivity index is 2.73. The predicted molar refractivity (Wildman–Crippen MR) is 51.3 cm³/mol. The van der Waals surface area contributed by atoms with Crippen molar-refractivity contribution in [3.63, 3.8) is 0 Å². The molecule has 0 atom stereocenters. The fourth-order valence-corrected chi connectivity index (χ4v) is 2.57. The normalized spacial score (nSPS) is 12.1. The largest absolute Gasteiger partial charge is 0.351 e. The van der Waals surface area contributed by atoms with Gasteiger partial charge in [-0.3, -0.25) is 0 Å². The lowest BCUT2D eigenvalue weighted by atomic mass is 10.4. The van der Waals surface area contributed by atoms with E-state index in [0.717, 1.165) is 11.2 Å². The van der Waals surface area contributed by atoms with Crippen LogP contribution in [0.3, 0.4) is 0 Å². The Kier molecular flexibility index (Phi) is 2.49. The third kappa shape index (κ3) is 2.18. The molecule has 11 heavy (non-hydrogen) atoms. The average Bonchev–Trinajstić information content (AvgIpc) is 2.10. The van der Waals surface area contributed by atoms with Crippen molar-refractivity contribution in [1.82, 2.24) is 9.97 Å². The highest BCUT2D eigenvalue weighted by Crippen LogP contribution is 1.99. The number of imidazole rings is 1. The van der Waals surface area contributed by atoms with Crippen LogP contribution >= 0.6 is 0 Å². The van der Waals surface area contributed by atoms with Crippen LogP contribution in [0, 0.1) is 13.8 Å². The van der Waals surface area contributed by atoms with Crippen LogP contribution in [0.1, 0.15) is 25.2 Å². The van der Waals surface area contributed by atoms with Gasteiger partial charge in [0.2, 0.25) is 0 Å². The standard InChI is InChI=1S/C8H16N2Si/c1-5(2)11-8-9-6(3)7(4)10-8/h5H,11H2,1-4H3,(H,9,10). The number of aromatic amines is 1. The minimum atomic E-state index is -0.144. The number of nitrogens with zero attached hydrogens (tertiary/aromatic N) is 1. The molecule has 2 nitrogen and oxygen atoms in total. The molecule has 0 aliphatic heterocycles. The first-order valence-corrected chi connectivity index (χ1v) is 5.64. The lowest BCUT2D eigenvalue weighted by Gasteiger charge is -1.97. The van der Waals surface area contributed by atoms with Gasteiger partial charge in [0, 0.05) is 5.69 Å². The van der Waals surface area contributed by atoms with Crippen molar-refractivity contribution in [2.75, 3.05) is 0 Å². The Hall–Kier alpha value is -0.573. The topological polar surface area (TPSA) is 28.7 Å². The van der Waals surface area contributed by atoms with Crippen molar-refractivity contribution >= 4 is 15.0 Å². The molecule has 1 aromatic rings. The molecule has 1 N–H and O–H groups in total. The summed E-state index contributed by atoms with van der Waals surface area (Å²) in [5, 5.41) is 0. The molecule has 0 aliphatic rings. The SMILES string of the molecule is Cc1nc([SiH2]C(C)C)[nH]c1C. The lowest BCUT2D eigenvalue weighted by Crippen LogP contribution is -2.20. The summed E-state index contributed by atoms with van der Waals surface area (Å²) in [6.45, 7) is 8.67. The molecular weight excluding hydrogens is 152 g/mol. The fraction of sp³-hybridized carbons (Fsp3) is 0.625. The van der Waals surface area contributed by atoms with Crippen LogP contribution in [-0.2, 0) is 0 Å². The van der Waals surface area contributed by atoms with Crippen LogP contribution in [0.5, 0.6) is 0 Å². The third-order valence-corrected chi connectivity index (χ3v) is 3.32. The van der Waals surface area contributed by atoms with E-state index < -0.39 is 0 Å². The van der Waals surface area contributed by atoms with E-state index in [4.69, 9.17) is 0 Å². The zero-order valence-corrected chi connectivity index (χ0v) is 9.15. The summed E-state index contributed by atoms with van der Waals surface area (Å²) >= 11 is 0. The molecule has 0 aliphatic carbocycles. The summed E-state index contributed by atoms with van der Waals surface area (Å²) in [6, 6.07) is 0. The molecule has 0 saturated heterocycles. The highest BCUT2D eigenvalue weighted by molar-refractivity contribution is 6.52. The van der Waals surface area contributed by atoms with Gasteiger partial charge in [-0.2, -0.15) is 0 Å². The second-order valence-electron chi connectivity index (χ2n) is 3.49. The summed E-state index contributed by atoms with van der Waals surface area (Å²) in [7, 11) is -0.144. The highest BCUT2D eigenvalue weighted by Gasteiger charge is 2.04. The number of nitrogens with one attached hydrogen (secondary N) is 1. The van der Waals surface area contributed by atoms with Crippen LogP contribution in [0.2, 0.25) is 5.54 Å². The van der Waals surface area contributed by atoms with Gasteiger partial charge in [-0.15, -0.1) is 0 Å². The van der Waals surface area contributed by atoms with E-state index in [1.54, 1.807) is 0 Å². The Morgan fingerprint density at radius 1 is 1.36 bits per heavy atom. The van der Waals surface area contributed by atoms with Crippen molar-refractivity contribution in [1.29, 1.82) is 0 Å². The zero-order chi connectivity index (χ0) is 8.43. The van der Waals surface area contributed by atoms with Gasteiger partial charge in [0.1, 0.15) is 9.52 Å².